The number of nitrogens with zero attached hydrogens (tertiary/aromatic N) is 4. The average Bonchev–Trinajstić information content (AvgIpc) is 3.34. The van der Waals surface area contributed by atoms with Crippen molar-refractivity contribution in [2.75, 3.05) is 26.7 Å². The van der Waals surface area contributed by atoms with E-state index < -0.39 is 17.3 Å². The SMILES string of the molecule is COc1cc(-c2cc(C(=O)N3CC[C@H](C(=O)N[C@H]4C(C)(C)[C@@H](N5CCC(F)(F)C5)C4(C)C)CC34CC4)n[nH]2)c(F)cn1. The molecule has 2 aromatic heterocycles. The number of H-pyrrole nitrogens is 1. The average molecular weight is 589 g/mol. The van der Waals surface area contributed by atoms with Crippen LogP contribution in [0.3, 0.4) is 0 Å². The Morgan fingerprint density at radius 3 is 2.43 bits per heavy atom. The van der Waals surface area contributed by atoms with Crippen molar-refractivity contribution in [3.63, 3.8) is 0 Å². The number of hydrogen-bond donors (Lipinski definition) is 2. The van der Waals surface area contributed by atoms with Crippen LogP contribution in [-0.4, -0.2) is 87.1 Å². The molecular weight excluding hydrogens is 549 g/mol. The molecule has 0 unspecified atom stereocenters. The molecule has 42 heavy (non-hydrogen) atoms. The van der Waals surface area contributed by atoms with Crippen LogP contribution in [0, 0.1) is 22.6 Å². The van der Waals surface area contributed by atoms with Crippen LogP contribution >= 0.6 is 0 Å². The fourth-order valence-electron chi connectivity index (χ4n) is 8.49. The molecular formula is C30H39F3N6O3. The Balaban J connectivity index is 1.11. The molecule has 2 amide bonds. The van der Waals surface area contributed by atoms with Gasteiger partial charge < -0.3 is 15.0 Å². The highest BCUT2D eigenvalue weighted by atomic mass is 19.3. The van der Waals surface area contributed by atoms with Crippen molar-refractivity contribution in [2.24, 2.45) is 16.7 Å². The van der Waals surface area contributed by atoms with Gasteiger partial charge in [0, 0.05) is 65.5 Å². The minimum Gasteiger partial charge on any atom is -0.481 e. The first-order chi connectivity index (χ1) is 19.7. The molecule has 12 heteroatoms. The largest absolute Gasteiger partial charge is 0.481 e. The molecule has 0 aromatic carbocycles. The van der Waals surface area contributed by atoms with Gasteiger partial charge in [0.05, 0.1) is 25.5 Å². The molecule has 2 aromatic rings. The maximum Gasteiger partial charge on any atom is 0.274 e. The minimum atomic E-state index is -2.66. The van der Waals surface area contributed by atoms with Crippen molar-refractivity contribution in [3.05, 3.63) is 29.8 Å². The Morgan fingerprint density at radius 2 is 1.81 bits per heavy atom. The van der Waals surface area contributed by atoms with Crippen LogP contribution in [0.25, 0.3) is 11.3 Å². The summed E-state index contributed by atoms with van der Waals surface area (Å²) in [5.74, 6) is -3.51. The smallest absolute Gasteiger partial charge is 0.274 e. The number of nitrogens with one attached hydrogen (secondary N) is 2. The molecule has 1 spiro atoms. The topological polar surface area (TPSA) is 103 Å². The maximum absolute atomic E-state index is 14.4. The van der Waals surface area contributed by atoms with E-state index in [0.717, 1.165) is 19.0 Å². The predicted octanol–water partition coefficient (Wildman–Crippen LogP) is 4.26. The zero-order chi connectivity index (χ0) is 30.2. The van der Waals surface area contributed by atoms with Gasteiger partial charge in [-0.15, -0.1) is 0 Å². The van der Waals surface area contributed by atoms with Crippen LogP contribution < -0.4 is 10.1 Å². The van der Waals surface area contributed by atoms with Gasteiger partial charge in [-0.05, 0) is 31.7 Å². The second-order valence-electron chi connectivity index (χ2n) is 13.8. The fraction of sp³-hybridized carbons (Fsp3) is 0.667. The molecule has 9 nitrogen and oxygen atoms in total. The van der Waals surface area contributed by atoms with Crippen LogP contribution in [0.4, 0.5) is 13.2 Å². The zero-order valence-electron chi connectivity index (χ0n) is 24.8. The van der Waals surface area contributed by atoms with E-state index in [0.29, 0.717) is 31.6 Å². The number of piperidine rings is 1. The number of carbonyl (C=O) groups is 2. The van der Waals surface area contributed by atoms with E-state index >= 15 is 0 Å². The molecule has 2 N–H and O–H groups in total. The summed E-state index contributed by atoms with van der Waals surface area (Å²) in [7, 11) is 1.44. The van der Waals surface area contributed by atoms with Crippen LogP contribution in [0.15, 0.2) is 18.3 Å². The molecule has 4 aliphatic rings. The number of aromatic nitrogens is 3. The van der Waals surface area contributed by atoms with E-state index in [1.807, 2.05) is 9.80 Å². The molecule has 1 atom stereocenters. The Labute approximate surface area is 243 Å². The van der Waals surface area contributed by atoms with Crippen molar-refractivity contribution >= 4 is 11.8 Å². The van der Waals surface area contributed by atoms with Gasteiger partial charge in [-0.1, -0.05) is 27.7 Å². The van der Waals surface area contributed by atoms with E-state index in [-0.39, 0.29) is 70.7 Å². The molecule has 4 heterocycles. The highest BCUT2D eigenvalue weighted by molar-refractivity contribution is 5.94. The van der Waals surface area contributed by atoms with Crippen molar-refractivity contribution in [1.82, 2.24) is 30.3 Å². The molecule has 2 saturated carbocycles. The number of carbonyl (C=O) groups excluding carboxylic acids is 2. The normalized spacial score (nSPS) is 28.8. The predicted molar refractivity (Wildman–Crippen MR) is 148 cm³/mol. The first kappa shape index (κ1) is 28.9. The number of methoxy groups -OCH3 is 1. The standard InChI is InChI=1S/C30H39F3N6O3/c1-27(2)25(28(3,4)26(27)38-11-9-30(32,33)16-38)35-23(40)17-6-10-39(29(14-17)7-8-29)24(41)21-13-20(36-37-21)18-12-22(42-5)34-15-19(18)31/h12-13,15,17,25-26H,6-11,14,16H2,1-5H3,(H,35,40)(H,36,37)/t17-,25-,26+/m0/s1. The van der Waals surface area contributed by atoms with Gasteiger partial charge in [-0.2, -0.15) is 5.10 Å². The third-order valence-electron chi connectivity index (χ3n) is 10.2. The van der Waals surface area contributed by atoms with E-state index in [2.05, 4.69) is 48.2 Å². The molecule has 228 valence electrons. The number of alkyl halides is 2. The van der Waals surface area contributed by atoms with Crippen molar-refractivity contribution in [2.45, 2.75) is 83.3 Å². The molecule has 0 radical (unpaired) electrons. The fourth-order valence-corrected chi connectivity index (χ4v) is 8.49. The number of rotatable bonds is 6. The number of aromatic amines is 1. The van der Waals surface area contributed by atoms with Crippen molar-refractivity contribution in [3.8, 4) is 17.1 Å². The molecule has 2 aliphatic carbocycles. The second-order valence-corrected chi connectivity index (χ2v) is 13.8. The summed E-state index contributed by atoms with van der Waals surface area (Å²) in [5.41, 5.74) is -0.376. The minimum absolute atomic E-state index is 0.0334. The summed E-state index contributed by atoms with van der Waals surface area (Å²) in [5, 5.41) is 10.2. The number of amides is 2. The lowest BCUT2D eigenvalue weighted by Crippen LogP contribution is -2.77. The van der Waals surface area contributed by atoms with Crippen molar-refractivity contribution in [1.29, 1.82) is 0 Å². The summed E-state index contributed by atoms with van der Waals surface area (Å²) in [6.07, 6.45) is 3.63. The summed E-state index contributed by atoms with van der Waals surface area (Å²) in [4.78, 5) is 34.7. The van der Waals surface area contributed by atoms with E-state index in [4.69, 9.17) is 4.74 Å². The van der Waals surface area contributed by atoms with Gasteiger partial charge in [0.2, 0.25) is 11.8 Å². The number of pyridine rings is 1. The Hall–Kier alpha value is -3.15. The molecule has 4 fully saturated rings. The number of likely N-dealkylation sites (tertiary alicyclic amines) is 2. The zero-order valence-corrected chi connectivity index (χ0v) is 24.8. The Kier molecular flexibility index (Phi) is 6.67. The lowest BCUT2D eigenvalue weighted by Gasteiger charge is -2.67. The maximum atomic E-state index is 14.4. The molecule has 0 bridgehead atoms. The van der Waals surface area contributed by atoms with Gasteiger partial charge >= 0.3 is 0 Å². The van der Waals surface area contributed by atoms with E-state index in [1.165, 1.54) is 19.2 Å². The summed E-state index contributed by atoms with van der Waals surface area (Å²) >= 11 is 0. The summed E-state index contributed by atoms with van der Waals surface area (Å²) in [6.45, 7) is 8.77. The lowest BCUT2D eigenvalue weighted by molar-refractivity contribution is -0.162. The molecule has 2 saturated heterocycles. The van der Waals surface area contributed by atoms with Gasteiger partial charge in [0.1, 0.15) is 0 Å². The van der Waals surface area contributed by atoms with Crippen LogP contribution in [-0.2, 0) is 4.79 Å². The van der Waals surface area contributed by atoms with Gasteiger partial charge in [0.25, 0.3) is 11.8 Å². The van der Waals surface area contributed by atoms with Crippen LogP contribution in [0.1, 0.15) is 70.3 Å². The molecule has 2 aliphatic heterocycles. The highest BCUT2D eigenvalue weighted by Crippen LogP contribution is 2.58. The van der Waals surface area contributed by atoms with Gasteiger partial charge in [-0.3, -0.25) is 19.6 Å². The monoisotopic (exact) mass is 588 g/mol. The summed E-state index contributed by atoms with van der Waals surface area (Å²) < 4.78 is 47.5. The van der Waals surface area contributed by atoms with Crippen LogP contribution in [0.2, 0.25) is 0 Å². The van der Waals surface area contributed by atoms with Gasteiger partial charge in [0.15, 0.2) is 11.5 Å². The van der Waals surface area contributed by atoms with E-state index in [1.54, 1.807) is 0 Å². The number of ether oxygens (including phenoxy) is 1. The number of hydrogen-bond acceptors (Lipinski definition) is 6. The Bertz CT molecular complexity index is 1390. The third-order valence-corrected chi connectivity index (χ3v) is 10.2. The quantitative estimate of drug-likeness (QED) is 0.523. The van der Waals surface area contributed by atoms with Gasteiger partial charge in [-0.25, -0.2) is 18.2 Å². The summed E-state index contributed by atoms with van der Waals surface area (Å²) in [6, 6.07) is 2.76. The third kappa shape index (κ3) is 4.66. The van der Waals surface area contributed by atoms with Crippen LogP contribution in [0.5, 0.6) is 5.88 Å². The highest BCUT2D eigenvalue weighted by Gasteiger charge is 2.66. The number of halogens is 3. The van der Waals surface area contributed by atoms with E-state index in [9.17, 15) is 22.8 Å². The molecule has 6 rings (SSSR count). The second kappa shape index (κ2) is 9.68. The Morgan fingerprint density at radius 1 is 1.10 bits per heavy atom. The first-order valence-electron chi connectivity index (χ1n) is 14.7. The van der Waals surface area contributed by atoms with Crippen molar-refractivity contribution < 1.29 is 27.5 Å². The first-order valence-corrected chi connectivity index (χ1v) is 14.7. The lowest BCUT2D eigenvalue weighted by atomic mass is 9.47.